The summed E-state index contributed by atoms with van der Waals surface area (Å²) in [7, 11) is 0. The third kappa shape index (κ3) is 2.86. The molecule has 1 aliphatic heterocycles. The summed E-state index contributed by atoms with van der Waals surface area (Å²) in [6.07, 6.45) is 1.90. The molecule has 0 aromatic carbocycles. The Balaban J connectivity index is 1.97. The second kappa shape index (κ2) is 4.60. The van der Waals surface area contributed by atoms with Crippen LogP contribution in [0.1, 0.15) is 32.1 Å². The van der Waals surface area contributed by atoms with E-state index in [1.54, 1.807) is 0 Å². The van der Waals surface area contributed by atoms with Crippen molar-refractivity contribution in [2.75, 3.05) is 26.2 Å². The van der Waals surface area contributed by atoms with Crippen molar-refractivity contribution in [1.29, 1.82) is 0 Å². The van der Waals surface area contributed by atoms with Crippen LogP contribution in [0.5, 0.6) is 0 Å². The lowest BCUT2D eigenvalue weighted by Gasteiger charge is -2.26. The Morgan fingerprint density at radius 2 is 2.00 bits per heavy atom. The minimum Gasteiger partial charge on any atom is -0.468 e. The van der Waals surface area contributed by atoms with Gasteiger partial charge in [0.1, 0.15) is 5.76 Å². The number of hydrogen-bond acceptors (Lipinski definition) is 3. The van der Waals surface area contributed by atoms with Crippen molar-refractivity contribution >= 4 is 0 Å². The number of nitrogens with one attached hydrogen (secondary N) is 1. The molecule has 1 saturated heterocycles. The number of hydrogen-bond donors (Lipinski definition) is 1. The Kier molecular flexibility index (Phi) is 3.36. The summed E-state index contributed by atoms with van der Waals surface area (Å²) in [6, 6.07) is 2.20. The zero-order valence-electron chi connectivity index (χ0n) is 10.5. The van der Waals surface area contributed by atoms with Crippen LogP contribution in [-0.2, 0) is 12.0 Å². The van der Waals surface area contributed by atoms with Gasteiger partial charge >= 0.3 is 0 Å². The maximum atomic E-state index is 5.63. The molecule has 16 heavy (non-hydrogen) atoms. The zero-order chi connectivity index (χ0) is 11.6. The van der Waals surface area contributed by atoms with Crippen LogP contribution in [0.25, 0.3) is 0 Å². The van der Waals surface area contributed by atoms with Crippen molar-refractivity contribution in [3.05, 3.63) is 23.7 Å². The Labute approximate surface area is 97.8 Å². The number of furan rings is 1. The maximum absolute atomic E-state index is 5.63. The first-order chi connectivity index (χ1) is 7.55. The largest absolute Gasteiger partial charge is 0.468 e. The molecule has 3 heteroatoms. The second-order valence-electron chi connectivity index (χ2n) is 5.58. The van der Waals surface area contributed by atoms with E-state index >= 15 is 0 Å². The molecule has 0 unspecified atom stereocenters. The van der Waals surface area contributed by atoms with Crippen LogP contribution in [0.15, 0.2) is 16.7 Å². The lowest BCUT2D eigenvalue weighted by molar-refractivity contribution is 0.216. The molecule has 1 aromatic heterocycles. The van der Waals surface area contributed by atoms with Crippen molar-refractivity contribution in [2.24, 2.45) is 0 Å². The van der Waals surface area contributed by atoms with E-state index in [1.165, 1.54) is 5.56 Å². The number of rotatable bonds is 2. The van der Waals surface area contributed by atoms with Gasteiger partial charge in [0.15, 0.2) is 0 Å². The average molecular weight is 222 g/mol. The van der Waals surface area contributed by atoms with Crippen LogP contribution >= 0.6 is 0 Å². The lowest BCUT2D eigenvalue weighted by atomic mass is 9.89. The van der Waals surface area contributed by atoms with E-state index in [1.807, 2.05) is 6.26 Å². The van der Waals surface area contributed by atoms with E-state index < -0.39 is 0 Å². The van der Waals surface area contributed by atoms with Gasteiger partial charge in [-0.25, -0.2) is 0 Å². The van der Waals surface area contributed by atoms with Gasteiger partial charge in [0.25, 0.3) is 0 Å². The van der Waals surface area contributed by atoms with Crippen molar-refractivity contribution in [3.63, 3.8) is 0 Å². The molecule has 0 spiro atoms. The first kappa shape index (κ1) is 11.7. The number of nitrogens with zero attached hydrogens (tertiary/aromatic N) is 1. The molecule has 1 aliphatic rings. The molecule has 0 amide bonds. The summed E-state index contributed by atoms with van der Waals surface area (Å²) in [5.74, 6) is 1.09. The maximum Gasteiger partial charge on any atom is 0.118 e. The highest BCUT2D eigenvalue weighted by atomic mass is 16.3. The van der Waals surface area contributed by atoms with Gasteiger partial charge in [0.2, 0.25) is 0 Å². The van der Waals surface area contributed by atoms with E-state index in [2.05, 4.69) is 37.1 Å². The molecule has 1 N–H and O–H groups in total. The van der Waals surface area contributed by atoms with E-state index in [0.29, 0.717) is 0 Å². The van der Waals surface area contributed by atoms with Crippen molar-refractivity contribution in [1.82, 2.24) is 10.2 Å². The van der Waals surface area contributed by atoms with E-state index in [4.69, 9.17) is 4.42 Å². The highest BCUT2D eigenvalue weighted by Gasteiger charge is 2.18. The van der Waals surface area contributed by atoms with Crippen LogP contribution in [0, 0.1) is 0 Å². The number of piperazine rings is 1. The zero-order valence-corrected chi connectivity index (χ0v) is 10.5. The molecule has 0 atom stereocenters. The fourth-order valence-electron chi connectivity index (χ4n) is 1.95. The van der Waals surface area contributed by atoms with E-state index in [9.17, 15) is 0 Å². The van der Waals surface area contributed by atoms with Crippen LogP contribution in [0.3, 0.4) is 0 Å². The quantitative estimate of drug-likeness (QED) is 0.829. The van der Waals surface area contributed by atoms with Crippen molar-refractivity contribution < 1.29 is 4.42 Å². The fourth-order valence-corrected chi connectivity index (χ4v) is 1.95. The minimum atomic E-state index is 0.186. The molecule has 90 valence electrons. The van der Waals surface area contributed by atoms with Gasteiger partial charge in [0.05, 0.1) is 12.8 Å². The van der Waals surface area contributed by atoms with Gasteiger partial charge in [-0.05, 0) is 17.0 Å². The highest BCUT2D eigenvalue weighted by molar-refractivity contribution is 5.20. The van der Waals surface area contributed by atoms with Crippen molar-refractivity contribution in [3.8, 4) is 0 Å². The molecule has 3 nitrogen and oxygen atoms in total. The molecule has 0 saturated carbocycles. The van der Waals surface area contributed by atoms with Gasteiger partial charge in [-0.3, -0.25) is 4.90 Å². The predicted molar refractivity (Wildman–Crippen MR) is 65.6 cm³/mol. The van der Waals surface area contributed by atoms with Crippen LogP contribution in [0.4, 0.5) is 0 Å². The summed E-state index contributed by atoms with van der Waals surface area (Å²) < 4.78 is 5.63. The highest BCUT2D eigenvalue weighted by Crippen LogP contribution is 2.24. The monoisotopic (exact) mass is 222 g/mol. The second-order valence-corrected chi connectivity index (χ2v) is 5.58. The van der Waals surface area contributed by atoms with Gasteiger partial charge in [-0.2, -0.15) is 0 Å². The Morgan fingerprint density at radius 1 is 1.31 bits per heavy atom. The van der Waals surface area contributed by atoms with Crippen LogP contribution in [0.2, 0.25) is 0 Å². The predicted octanol–water partition coefficient (Wildman–Crippen LogP) is 1.98. The molecule has 1 aromatic rings. The third-order valence-electron chi connectivity index (χ3n) is 3.11. The fraction of sp³-hybridized carbons (Fsp3) is 0.692. The Morgan fingerprint density at radius 3 is 2.56 bits per heavy atom. The summed E-state index contributed by atoms with van der Waals surface area (Å²) in [5.41, 5.74) is 1.48. The normalized spacial score (nSPS) is 18.9. The van der Waals surface area contributed by atoms with Gasteiger partial charge in [-0.15, -0.1) is 0 Å². The van der Waals surface area contributed by atoms with Gasteiger partial charge in [-0.1, -0.05) is 20.8 Å². The van der Waals surface area contributed by atoms with Crippen LogP contribution < -0.4 is 5.32 Å². The molecule has 2 heterocycles. The molecule has 0 aliphatic carbocycles. The molecule has 1 fully saturated rings. The lowest BCUT2D eigenvalue weighted by Crippen LogP contribution is -2.42. The Bertz CT molecular complexity index is 332. The molecular weight excluding hydrogens is 200 g/mol. The van der Waals surface area contributed by atoms with E-state index in [-0.39, 0.29) is 5.41 Å². The third-order valence-corrected chi connectivity index (χ3v) is 3.11. The standard InChI is InChI=1S/C13H22N2O/c1-13(2,3)11-8-12(16-10-11)9-15-6-4-14-5-7-15/h8,10,14H,4-7,9H2,1-3H3. The molecule has 0 bridgehead atoms. The van der Waals surface area contributed by atoms with Gasteiger partial charge in [0, 0.05) is 26.2 Å². The molecular formula is C13H22N2O. The van der Waals surface area contributed by atoms with E-state index in [0.717, 1.165) is 38.5 Å². The molecule has 0 radical (unpaired) electrons. The Hall–Kier alpha value is -0.800. The first-order valence-corrected chi connectivity index (χ1v) is 6.07. The molecule has 2 rings (SSSR count). The smallest absolute Gasteiger partial charge is 0.118 e. The summed E-state index contributed by atoms with van der Waals surface area (Å²) in [4.78, 5) is 2.43. The summed E-state index contributed by atoms with van der Waals surface area (Å²) in [5, 5.41) is 3.36. The summed E-state index contributed by atoms with van der Waals surface area (Å²) in [6.45, 7) is 12.0. The van der Waals surface area contributed by atoms with Crippen LogP contribution in [-0.4, -0.2) is 31.1 Å². The SMILES string of the molecule is CC(C)(C)c1coc(CN2CCNCC2)c1. The topological polar surface area (TPSA) is 28.4 Å². The summed E-state index contributed by atoms with van der Waals surface area (Å²) >= 11 is 0. The first-order valence-electron chi connectivity index (χ1n) is 6.07. The average Bonchev–Trinajstić information content (AvgIpc) is 2.67. The minimum absolute atomic E-state index is 0.186. The van der Waals surface area contributed by atoms with Gasteiger partial charge < -0.3 is 9.73 Å². The van der Waals surface area contributed by atoms with Crippen molar-refractivity contribution in [2.45, 2.75) is 32.7 Å².